The molecule has 2 N–H and O–H groups in total. The number of sulfonamides is 1. The number of rotatable bonds is 7. The molecule has 0 fully saturated rings. The first-order valence-corrected chi connectivity index (χ1v) is 7.12. The van der Waals surface area contributed by atoms with Gasteiger partial charge in [0, 0.05) is 12.7 Å². The van der Waals surface area contributed by atoms with Gasteiger partial charge in [-0.3, -0.25) is 0 Å². The highest BCUT2D eigenvalue weighted by atomic mass is 32.2. The Labute approximate surface area is 111 Å². The number of ether oxygens (including phenoxy) is 1. The summed E-state index contributed by atoms with van der Waals surface area (Å²) in [5, 5.41) is 8.46. The van der Waals surface area contributed by atoms with Gasteiger partial charge in [-0.15, -0.1) is 0 Å². The molecule has 106 valence electrons. The standard InChI is InChI=1S/C11H16N2O5S/c1-8(2)18-6-5-13-19(16,17)10-4-3-9(7-12-10)11(14)15/h3-4,7-8,13H,5-6H2,1-2H3,(H,14,15). The van der Waals surface area contributed by atoms with Gasteiger partial charge in [0.05, 0.1) is 18.3 Å². The van der Waals surface area contributed by atoms with Crippen LogP contribution in [-0.4, -0.2) is 43.7 Å². The van der Waals surface area contributed by atoms with Crippen LogP contribution >= 0.6 is 0 Å². The SMILES string of the molecule is CC(C)OCCNS(=O)(=O)c1ccc(C(=O)O)cn1. The maximum Gasteiger partial charge on any atom is 0.337 e. The van der Waals surface area contributed by atoms with Crippen molar-refractivity contribution in [2.75, 3.05) is 13.2 Å². The summed E-state index contributed by atoms with van der Waals surface area (Å²) in [7, 11) is -3.73. The molecule has 0 atom stereocenters. The van der Waals surface area contributed by atoms with Crippen molar-refractivity contribution < 1.29 is 23.1 Å². The number of nitrogens with zero attached hydrogens (tertiary/aromatic N) is 1. The maximum atomic E-state index is 11.8. The second kappa shape index (κ2) is 6.60. The average Bonchev–Trinajstić information content (AvgIpc) is 2.34. The largest absolute Gasteiger partial charge is 0.478 e. The fraction of sp³-hybridized carbons (Fsp3) is 0.455. The van der Waals surface area contributed by atoms with E-state index < -0.39 is 16.0 Å². The minimum Gasteiger partial charge on any atom is -0.478 e. The molecule has 1 heterocycles. The van der Waals surface area contributed by atoms with E-state index in [0.717, 1.165) is 12.3 Å². The zero-order chi connectivity index (χ0) is 14.5. The number of hydrogen-bond donors (Lipinski definition) is 2. The third kappa shape index (κ3) is 4.93. The number of nitrogens with one attached hydrogen (secondary N) is 1. The monoisotopic (exact) mass is 288 g/mol. The van der Waals surface area contributed by atoms with E-state index in [9.17, 15) is 13.2 Å². The summed E-state index contributed by atoms with van der Waals surface area (Å²) in [5.41, 5.74) is -0.0675. The van der Waals surface area contributed by atoms with Crippen LogP contribution in [0, 0.1) is 0 Å². The fourth-order valence-corrected chi connectivity index (χ4v) is 2.15. The Hall–Kier alpha value is -1.51. The summed E-state index contributed by atoms with van der Waals surface area (Å²) in [4.78, 5) is 14.2. The molecule has 8 heteroatoms. The van der Waals surface area contributed by atoms with Gasteiger partial charge < -0.3 is 9.84 Å². The van der Waals surface area contributed by atoms with E-state index in [1.165, 1.54) is 6.07 Å². The summed E-state index contributed by atoms with van der Waals surface area (Å²) in [6.07, 6.45) is 1.03. The van der Waals surface area contributed by atoms with Crippen molar-refractivity contribution in [1.82, 2.24) is 9.71 Å². The topological polar surface area (TPSA) is 106 Å². The van der Waals surface area contributed by atoms with Crippen molar-refractivity contribution in [1.29, 1.82) is 0 Å². The highest BCUT2D eigenvalue weighted by Gasteiger charge is 2.15. The van der Waals surface area contributed by atoms with Gasteiger partial charge in [0.1, 0.15) is 0 Å². The lowest BCUT2D eigenvalue weighted by Gasteiger charge is -2.09. The van der Waals surface area contributed by atoms with Crippen molar-refractivity contribution in [3.63, 3.8) is 0 Å². The maximum absolute atomic E-state index is 11.8. The van der Waals surface area contributed by atoms with Gasteiger partial charge in [0.2, 0.25) is 0 Å². The number of carboxylic acid groups (broad SMARTS) is 1. The predicted octanol–water partition coefficient (Wildman–Crippen LogP) is 0.483. The molecule has 0 unspecified atom stereocenters. The Balaban J connectivity index is 2.64. The highest BCUT2D eigenvalue weighted by molar-refractivity contribution is 7.89. The fourth-order valence-electron chi connectivity index (χ4n) is 1.21. The Bertz CT molecular complexity index is 525. The first-order chi connectivity index (χ1) is 8.83. The van der Waals surface area contributed by atoms with Gasteiger partial charge in [-0.2, -0.15) is 0 Å². The number of aromatic nitrogens is 1. The van der Waals surface area contributed by atoms with Crippen LogP contribution < -0.4 is 4.72 Å². The van der Waals surface area contributed by atoms with Crippen LogP contribution in [0.2, 0.25) is 0 Å². The van der Waals surface area contributed by atoms with Crippen LogP contribution in [0.25, 0.3) is 0 Å². The van der Waals surface area contributed by atoms with Gasteiger partial charge in [-0.1, -0.05) is 0 Å². The molecular weight excluding hydrogens is 272 g/mol. The number of pyridine rings is 1. The molecule has 19 heavy (non-hydrogen) atoms. The lowest BCUT2D eigenvalue weighted by molar-refractivity contribution is 0.0696. The van der Waals surface area contributed by atoms with Crippen molar-refractivity contribution in [3.05, 3.63) is 23.9 Å². The minimum atomic E-state index is -3.73. The summed E-state index contributed by atoms with van der Waals surface area (Å²) >= 11 is 0. The van der Waals surface area contributed by atoms with E-state index >= 15 is 0 Å². The Kier molecular flexibility index (Phi) is 5.40. The molecule has 1 aromatic rings. The van der Waals surface area contributed by atoms with Crippen LogP contribution in [0.15, 0.2) is 23.4 Å². The van der Waals surface area contributed by atoms with E-state index in [4.69, 9.17) is 9.84 Å². The van der Waals surface area contributed by atoms with E-state index in [0.29, 0.717) is 0 Å². The second-order valence-corrected chi connectivity index (χ2v) is 5.72. The molecule has 0 aliphatic carbocycles. The van der Waals surface area contributed by atoms with Crippen molar-refractivity contribution in [3.8, 4) is 0 Å². The first-order valence-electron chi connectivity index (χ1n) is 5.63. The van der Waals surface area contributed by atoms with E-state index in [2.05, 4.69) is 9.71 Å². The predicted molar refractivity (Wildman–Crippen MR) is 67.5 cm³/mol. The smallest absolute Gasteiger partial charge is 0.337 e. The van der Waals surface area contributed by atoms with Crippen molar-refractivity contribution in [2.45, 2.75) is 25.0 Å². The summed E-state index contributed by atoms with van der Waals surface area (Å²) < 4.78 is 31.1. The van der Waals surface area contributed by atoms with Crippen molar-refractivity contribution in [2.24, 2.45) is 0 Å². The van der Waals surface area contributed by atoms with Crippen molar-refractivity contribution >= 4 is 16.0 Å². The lowest BCUT2D eigenvalue weighted by Crippen LogP contribution is -2.28. The zero-order valence-electron chi connectivity index (χ0n) is 10.7. The van der Waals surface area contributed by atoms with Crippen LogP contribution in [0.4, 0.5) is 0 Å². The number of hydrogen-bond acceptors (Lipinski definition) is 5. The lowest BCUT2D eigenvalue weighted by atomic mass is 10.3. The molecular formula is C11H16N2O5S. The van der Waals surface area contributed by atoms with E-state index in [-0.39, 0.29) is 29.8 Å². The third-order valence-electron chi connectivity index (χ3n) is 2.10. The van der Waals surface area contributed by atoms with Gasteiger partial charge in [-0.05, 0) is 26.0 Å². The molecule has 0 amide bonds. The summed E-state index contributed by atoms with van der Waals surface area (Å²) in [5.74, 6) is -1.16. The molecule has 0 aromatic carbocycles. The molecule has 0 aliphatic rings. The Morgan fingerprint density at radius 3 is 2.63 bits per heavy atom. The average molecular weight is 288 g/mol. The van der Waals surface area contributed by atoms with Crippen LogP contribution in [0.5, 0.6) is 0 Å². The third-order valence-corrected chi connectivity index (χ3v) is 3.48. The molecule has 0 saturated heterocycles. The minimum absolute atomic E-state index is 0.0254. The number of carboxylic acids is 1. The molecule has 0 radical (unpaired) electrons. The summed E-state index contributed by atoms with van der Waals surface area (Å²) in [6.45, 7) is 4.08. The van der Waals surface area contributed by atoms with Gasteiger partial charge in [0.15, 0.2) is 5.03 Å². The molecule has 0 bridgehead atoms. The van der Waals surface area contributed by atoms with Crippen LogP contribution in [0.3, 0.4) is 0 Å². The molecule has 0 aliphatic heterocycles. The zero-order valence-corrected chi connectivity index (χ0v) is 11.5. The summed E-state index contributed by atoms with van der Waals surface area (Å²) in [6, 6.07) is 2.34. The first kappa shape index (κ1) is 15.5. The molecule has 1 aromatic heterocycles. The highest BCUT2D eigenvalue weighted by Crippen LogP contribution is 2.06. The van der Waals surface area contributed by atoms with Crippen LogP contribution in [-0.2, 0) is 14.8 Å². The normalized spacial score (nSPS) is 11.7. The molecule has 0 saturated carbocycles. The Morgan fingerprint density at radius 2 is 2.16 bits per heavy atom. The molecule has 7 nitrogen and oxygen atoms in total. The van der Waals surface area contributed by atoms with Gasteiger partial charge in [0.25, 0.3) is 10.0 Å². The van der Waals surface area contributed by atoms with Crippen LogP contribution in [0.1, 0.15) is 24.2 Å². The van der Waals surface area contributed by atoms with Gasteiger partial charge >= 0.3 is 5.97 Å². The quantitative estimate of drug-likeness (QED) is 0.707. The second-order valence-electron chi connectivity index (χ2n) is 4.01. The van der Waals surface area contributed by atoms with E-state index in [1.54, 1.807) is 0 Å². The molecule has 0 spiro atoms. The number of aromatic carboxylic acids is 1. The Morgan fingerprint density at radius 1 is 1.47 bits per heavy atom. The van der Waals surface area contributed by atoms with E-state index in [1.807, 2.05) is 13.8 Å². The number of carbonyl (C=O) groups is 1. The van der Waals surface area contributed by atoms with Gasteiger partial charge in [-0.25, -0.2) is 22.9 Å². The molecule has 1 rings (SSSR count).